The van der Waals surface area contributed by atoms with Gasteiger partial charge in [-0.3, -0.25) is 0 Å². The minimum Gasteiger partial charge on any atom is -0.366 e. The monoisotopic (exact) mass is 281 g/mol. The summed E-state index contributed by atoms with van der Waals surface area (Å²) < 4.78 is 1.76. The molecule has 1 N–H and O–H groups in total. The molecule has 3 rings (SSSR count). The highest BCUT2D eigenvalue weighted by Gasteiger charge is 2.11. The van der Waals surface area contributed by atoms with E-state index in [1.54, 1.807) is 4.52 Å². The number of hydrogen-bond donors (Lipinski definition) is 1. The molecular formula is C16H19N5. The lowest BCUT2D eigenvalue weighted by atomic mass is 10.1. The first-order valence-corrected chi connectivity index (χ1v) is 7.18. The van der Waals surface area contributed by atoms with Gasteiger partial charge in [-0.05, 0) is 31.4 Å². The van der Waals surface area contributed by atoms with Crippen LogP contribution in [0.1, 0.15) is 29.3 Å². The van der Waals surface area contributed by atoms with E-state index >= 15 is 0 Å². The Bertz CT molecular complexity index is 775. The summed E-state index contributed by atoms with van der Waals surface area (Å²) in [5.41, 5.74) is 4.74. The van der Waals surface area contributed by atoms with Gasteiger partial charge in [0.15, 0.2) is 0 Å². The van der Waals surface area contributed by atoms with Crippen LogP contribution in [-0.4, -0.2) is 19.6 Å². The Balaban J connectivity index is 1.95. The molecule has 5 heteroatoms. The van der Waals surface area contributed by atoms with Crippen LogP contribution >= 0.6 is 0 Å². The minimum atomic E-state index is 0.629. The van der Waals surface area contributed by atoms with E-state index in [0.29, 0.717) is 5.78 Å². The van der Waals surface area contributed by atoms with E-state index in [0.717, 1.165) is 30.0 Å². The lowest BCUT2D eigenvalue weighted by molar-refractivity contribution is 0.899. The summed E-state index contributed by atoms with van der Waals surface area (Å²) in [4.78, 5) is 8.60. The van der Waals surface area contributed by atoms with Crippen LogP contribution in [0.4, 0.5) is 5.82 Å². The van der Waals surface area contributed by atoms with Crippen LogP contribution in [0.3, 0.4) is 0 Å². The van der Waals surface area contributed by atoms with Crippen LogP contribution in [-0.2, 0) is 13.0 Å². The van der Waals surface area contributed by atoms with Crippen LogP contribution in [0.2, 0.25) is 0 Å². The van der Waals surface area contributed by atoms with E-state index in [4.69, 9.17) is 0 Å². The molecule has 0 aliphatic rings. The zero-order chi connectivity index (χ0) is 14.8. The number of benzene rings is 1. The van der Waals surface area contributed by atoms with E-state index in [-0.39, 0.29) is 0 Å². The number of nitrogens with zero attached hydrogens (tertiary/aromatic N) is 4. The molecule has 0 spiro atoms. The maximum atomic E-state index is 4.43. The third kappa shape index (κ3) is 2.46. The van der Waals surface area contributed by atoms with Crippen molar-refractivity contribution >= 4 is 11.6 Å². The van der Waals surface area contributed by atoms with Crippen LogP contribution in [0.15, 0.2) is 30.6 Å². The molecule has 0 unspecified atom stereocenters. The molecule has 2 aromatic heterocycles. The van der Waals surface area contributed by atoms with Crippen molar-refractivity contribution in [2.24, 2.45) is 0 Å². The molecule has 0 fully saturated rings. The van der Waals surface area contributed by atoms with Gasteiger partial charge in [0.2, 0.25) is 0 Å². The van der Waals surface area contributed by atoms with Crippen LogP contribution in [0.25, 0.3) is 5.78 Å². The standard InChI is InChI=1S/C16H19N5/c1-4-13-7-5-6-8-14(13)9-17-15-11(2)12(3)20-16-18-10-19-21(15)16/h5-8,10,17H,4,9H2,1-3H3. The molecular weight excluding hydrogens is 262 g/mol. The fourth-order valence-electron chi connectivity index (χ4n) is 2.49. The molecule has 0 radical (unpaired) electrons. The molecule has 0 atom stereocenters. The number of rotatable bonds is 4. The first-order chi connectivity index (χ1) is 10.2. The molecule has 1 aromatic carbocycles. The Morgan fingerprint density at radius 2 is 1.90 bits per heavy atom. The largest absolute Gasteiger partial charge is 0.366 e. The highest BCUT2D eigenvalue weighted by Crippen LogP contribution is 2.19. The first-order valence-electron chi connectivity index (χ1n) is 7.18. The second-order valence-corrected chi connectivity index (χ2v) is 5.12. The number of hydrogen-bond acceptors (Lipinski definition) is 4. The molecule has 0 aliphatic heterocycles. The highest BCUT2D eigenvalue weighted by atomic mass is 15.4. The van der Waals surface area contributed by atoms with E-state index in [1.165, 1.54) is 17.5 Å². The fraction of sp³-hybridized carbons (Fsp3) is 0.312. The van der Waals surface area contributed by atoms with Crippen molar-refractivity contribution in [2.75, 3.05) is 5.32 Å². The van der Waals surface area contributed by atoms with E-state index in [9.17, 15) is 0 Å². The average molecular weight is 281 g/mol. The van der Waals surface area contributed by atoms with Gasteiger partial charge in [-0.1, -0.05) is 31.2 Å². The third-order valence-corrected chi connectivity index (χ3v) is 3.85. The highest BCUT2D eigenvalue weighted by molar-refractivity contribution is 5.52. The Labute approximate surface area is 124 Å². The van der Waals surface area contributed by atoms with Gasteiger partial charge < -0.3 is 5.32 Å². The van der Waals surface area contributed by atoms with Crippen LogP contribution < -0.4 is 5.32 Å². The van der Waals surface area contributed by atoms with Crippen molar-refractivity contribution in [3.63, 3.8) is 0 Å². The Hall–Kier alpha value is -2.43. The van der Waals surface area contributed by atoms with Gasteiger partial charge in [0.25, 0.3) is 5.78 Å². The molecule has 108 valence electrons. The Morgan fingerprint density at radius 3 is 2.67 bits per heavy atom. The number of fused-ring (bicyclic) bond motifs is 1. The minimum absolute atomic E-state index is 0.629. The summed E-state index contributed by atoms with van der Waals surface area (Å²) in [5.74, 6) is 1.59. The second-order valence-electron chi connectivity index (χ2n) is 5.12. The molecule has 2 heterocycles. The normalized spacial score (nSPS) is 11.0. The SMILES string of the molecule is CCc1ccccc1CNc1c(C)c(C)nc2ncnn12. The lowest BCUT2D eigenvalue weighted by Crippen LogP contribution is -2.10. The molecule has 0 aliphatic carbocycles. The summed E-state index contributed by atoms with van der Waals surface area (Å²) >= 11 is 0. The van der Waals surface area contributed by atoms with Crippen LogP contribution in [0, 0.1) is 13.8 Å². The Morgan fingerprint density at radius 1 is 1.14 bits per heavy atom. The van der Waals surface area contributed by atoms with E-state index < -0.39 is 0 Å². The summed E-state index contributed by atoms with van der Waals surface area (Å²) in [6.07, 6.45) is 2.57. The summed E-state index contributed by atoms with van der Waals surface area (Å²) in [7, 11) is 0. The van der Waals surface area contributed by atoms with Gasteiger partial charge in [0.1, 0.15) is 12.1 Å². The van der Waals surface area contributed by atoms with Crippen molar-refractivity contribution in [3.8, 4) is 0 Å². The van der Waals surface area contributed by atoms with Crippen LogP contribution in [0.5, 0.6) is 0 Å². The lowest BCUT2D eigenvalue weighted by Gasteiger charge is -2.14. The van der Waals surface area contributed by atoms with E-state index in [2.05, 4.69) is 58.5 Å². The quantitative estimate of drug-likeness (QED) is 0.799. The molecule has 21 heavy (non-hydrogen) atoms. The van der Waals surface area contributed by atoms with Crippen molar-refractivity contribution < 1.29 is 0 Å². The molecule has 3 aromatic rings. The van der Waals surface area contributed by atoms with Gasteiger partial charge >= 0.3 is 0 Å². The molecule has 0 saturated heterocycles. The van der Waals surface area contributed by atoms with E-state index in [1.807, 2.05) is 6.92 Å². The summed E-state index contributed by atoms with van der Waals surface area (Å²) in [6, 6.07) is 8.49. The topological polar surface area (TPSA) is 55.1 Å². The molecule has 5 nitrogen and oxygen atoms in total. The number of anilines is 1. The predicted molar refractivity (Wildman–Crippen MR) is 83.4 cm³/mol. The van der Waals surface area contributed by atoms with Gasteiger partial charge in [-0.2, -0.15) is 14.6 Å². The number of aromatic nitrogens is 4. The molecule has 0 bridgehead atoms. The average Bonchev–Trinajstić information content (AvgIpc) is 2.96. The maximum absolute atomic E-state index is 4.43. The van der Waals surface area contributed by atoms with Gasteiger partial charge in [-0.15, -0.1) is 0 Å². The summed E-state index contributed by atoms with van der Waals surface area (Å²) in [6.45, 7) is 6.99. The van der Waals surface area contributed by atoms with Gasteiger partial charge in [-0.25, -0.2) is 4.98 Å². The van der Waals surface area contributed by atoms with Crippen molar-refractivity contribution in [1.82, 2.24) is 19.6 Å². The number of nitrogens with one attached hydrogen (secondary N) is 1. The predicted octanol–water partition coefficient (Wildman–Crippen LogP) is 2.92. The third-order valence-electron chi connectivity index (χ3n) is 3.85. The fourth-order valence-corrected chi connectivity index (χ4v) is 2.49. The van der Waals surface area contributed by atoms with Gasteiger partial charge in [0, 0.05) is 17.8 Å². The van der Waals surface area contributed by atoms with Crippen molar-refractivity contribution in [3.05, 3.63) is 53.0 Å². The zero-order valence-electron chi connectivity index (χ0n) is 12.6. The Kier molecular flexibility index (Phi) is 3.56. The zero-order valence-corrected chi connectivity index (χ0v) is 12.6. The van der Waals surface area contributed by atoms with Crippen molar-refractivity contribution in [2.45, 2.75) is 33.7 Å². The first kappa shape index (κ1) is 13.5. The maximum Gasteiger partial charge on any atom is 0.254 e. The van der Waals surface area contributed by atoms with Gasteiger partial charge in [0.05, 0.1) is 0 Å². The number of aryl methyl sites for hydroxylation is 2. The molecule has 0 saturated carbocycles. The second kappa shape index (κ2) is 5.52. The molecule has 0 amide bonds. The summed E-state index contributed by atoms with van der Waals surface area (Å²) in [5, 5.41) is 7.75. The smallest absolute Gasteiger partial charge is 0.254 e. The van der Waals surface area contributed by atoms with Crippen molar-refractivity contribution in [1.29, 1.82) is 0 Å².